The fourth-order valence-electron chi connectivity index (χ4n) is 4.68. The van der Waals surface area contributed by atoms with Gasteiger partial charge >= 0.3 is 6.09 Å². The van der Waals surface area contributed by atoms with Crippen molar-refractivity contribution in [2.75, 3.05) is 0 Å². The van der Waals surface area contributed by atoms with Crippen LogP contribution in [0.1, 0.15) is 57.6 Å². The minimum atomic E-state index is -0.413. The van der Waals surface area contributed by atoms with E-state index in [-0.39, 0.29) is 6.09 Å². The molecule has 0 saturated carbocycles. The zero-order valence-electron chi connectivity index (χ0n) is 15.0. The Labute approximate surface area is 144 Å². The van der Waals surface area contributed by atoms with E-state index in [9.17, 15) is 4.79 Å². The van der Waals surface area contributed by atoms with Crippen molar-refractivity contribution in [3.63, 3.8) is 0 Å². The highest BCUT2D eigenvalue weighted by molar-refractivity contribution is 5.69. The van der Waals surface area contributed by atoms with Crippen LogP contribution in [-0.4, -0.2) is 39.6 Å². The van der Waals surface area contributed by atoms with E-state index in [1.807, 2.05) is 25.7 Å². The van der Waals surface area contributed by atoms with Crippen LogP contribution >= 0.6 is 0 Å². The molecule has 0 aromatic heterocycles. The third-order valence-corrected chi connectivity index (χ3v) is 5.69. The molecule has 4 nitrogen and oxygen atoms in total. The molecular formula is C20H28N2O2. The topological polar surface area (TPSA) is 32.8 Å². The lowest BCUT2D eigenvalue weighted by Crippen LogP contribution is -2.52. The zero-order chi connectivity index (χ0) is 16.9. The Hall–Kier alpha value is -1.55. The molecule has 1 amide bonds. The monoisotopic (exact) mass is 328 g/mol. The van der Waals surface area contributed by atoms with E-state index in [0.717, 1.165) is 38.8 Å². The van der Waals surface area contributed by atoms with Gasteiger partial charge in [0.25, 0.3) is 0 Å². The standard InChI is InChI=1S/C20H28N2O2/c1-20(2,3)24-19(23)22-16-8-9-17(22)11-18(10-16)21-12-14-6-4-5-7-15(14)13-21/h4-7,16-18H,8-13H2,1-3H3/t16-,17+,18?. The Balaban J connectivity index is 1.43. The van der Waals surface area contributed by atoms with Crippen molar-refractivity contribution >= 4 is 6.09 Å². The first-order valence-electron chi connectivity index (χ1n) is 9.23. The molecule has 0 aliphatic carbocycles. The van der Waals surface area contributed by atoms with Gasteiger partial charge in [0.1, 0.15) is 5.60 Å². The van der Waals surface area contributed by atoms with Crippen molar-refractivity contribution < 1.29 is 9.53 Å². The lowest BCUT2D eigenvalue weighted by Gasteiger charge is -2.42. The maximum atomic E-state index is 12.6. The minimum absolute atomic E-state index is 0.113. The van der Waals surface area contributed by atoms with Crippen LogP contribution in [0.5, 0.6) is 0 Å². The number of piperidine rings is 1. The number of amides is 1. The molecule has 3 aliphatic rings. The Morgan fingerprint density at radius 3 is 2.04 bits per heavy atom. The molecule has 1 aromatic carbocycles. The number of hydrogen-bond donors (Lipinski definition) is 0. The summed E-state index contributed by atoms with van der Waals surface area (Å²) in [5.41, 5.74) is 2.53. The molecule has 4 heteroatoms. The molecule has 0 N–H and O–H groups in total. The summed E-state index contributed by atoms with van der Waals surface area (Å²) in [5, 5.41) is 0. The second kappa shape index (κ2) is 5.76. The third-order valence-electron chi connectivity index (χ3n) is 5.69. The van der Waals surface area contributed by atoms with E-state index in [2.05, 4.69) is 29.2 Å². The van der Waals surface area contributed by atoms with E-state index < -0.39 is 5.60 Å². The summed E-state index contributed by atoms with van der Waals surface area (Å²) in [6, 6.07) is 10.1. The SMILES string of the molecule is CC(C)(C)OC(=O)N1[C@@H]2CC[C@H]1CC(N1Cc3ccccc3C1)C2. The predicted molar refractivity (Wildman–Crippen MR) is 93.6 cm³/mol. The zero-order valence-corrected chi connectivity index (χ0v) is 15.0. The average Bonchev–Trinajstić information content (AvgIpc) is 3.04. The van der Waals surface area contributed by atoms with Crippen molar-refractivity contribution in [2.45, 2.75) is 83.3 Å². The number of ether oxygens (including phenoxy) is 1. The Bertz CT molecular complexity index is 598. The van der Waals surface area contributed by atoms with E-state index in [1.54, 1.807) is 0 Å². The van der Waals surface area contributed by atoms with E-state index in [1.165, 1.54) is 11.1 Å². The molecule has 1 aromatic rings. The van der Waals surface area contributed by atoms with Gasteiger partial charge in [-0.2, -0.15) is 0 Å². The van der Waals surface area contributed by atoms with Gasteiger partial charge in [-0.1, -0.05) is 24.3 Å². The van der Waals surface area contributed by atoms with Gasteiger partial charge in [0.2, 0.25) is 0 Å². The normalized spacial score (nSPS) is 29.6. The Kier molecular flexibility index (Phi) is 3.83. The Morgan fingerprint density at radius 1 is 1.00 bits per heavy atom. The Morgan fingerprint density at radius 2 is 1.54 bits per heavy atom. The van der Waals surface area contributed by atoms with Crippen LogP contribution < -0.4 is 0 Å². The van der Waals surface area contributed by atoms with Crippen molar-refractivity contribution in [2.24, 2.45) is 0 Å². The second-order valence-corrected chi connectivity index (χ2v) is 8.57. The van der Waals surface area contributed by atoms with Gasteiger partial charge in [0.05, 0.1) is 0 Å². The van der Waals surface area contributed by atoms with Gasteiger partial charge in [-0.05, 0) is 57.6 Å². The lowest BCUT2D eigenvalue weighted by molar-refractivity contribution is -0.00477. The first-order chi connectivity index (χ1) is 11.4. The maximum absolute atomic E-state index is 12.6. The van der Waals surface area contributed by atoms with Crippen molar-refractivity contribution in [3.05, 3.63) is 35.4 Å². The quantitative estimate of drug-likeness (QED) is 0.783. The average molecular weight is 328 g/mol. The van der Waals surface area contributed by atoms with E-state index >= 15 is 0 Å². The molecule has 2 fully saturated rings. The van der Waals surface area contributed by atoms with Crippen LogP contribution in [0.3, 0.4) is 0 Å². The second-order valence-electron chi connectivity index (χ2n) is 8.57. The third kappa shape index (κ3) is 2.92. The summed E-state index contributed by atoms with van der Waals surface area (Å²) in [7, 11) is 0. The first-order valence-corrected chi connectivity index (χ1v) is 9.23. The summed E-state index contributed by atoms with van der Waals surface area (Å²) in [6.45, 7) is 7.96. The van der Waals surface area contributed by atoms with Gasteiger partial charge in [-0.15, -0.1) is 0 Å². The number of rotatable bonds is 1. The summed E-state index contributed by atoms with van der Waals surface area (Å²) >= 11 is 0. The summed E-state index contributed by atoms with van der Waals surface area (Å²) < 4.78 is 5.64. The van der Waals surface area contributed by atoms with Crippen molar-refractivity contribution in [1.29, 1.82) is 0 Å². The van der Waals surface area contributed by atoms with Crippen LogP contribution in [0.25, 0.3) is 0 Å². The number of fused-ring (bicyclic) bond motifs is 3. The molecule has 2 bridgehead atoms. The number of benzene rings is 1. The molecule has 0 radical (unpaired) electrons. The smallest absolute Gasteiger partial charge is 0.410 e. The summed E-state index contributed by atoms with van der Waals surface area (Å²) in [4.78, 5) is 17.2. The van der Waals surface area contributed by atoms with Crippen molar-refractivity contribution in [1.82, 2.24) is 9.80 Å². The van der Waals surface area contributed by atoms with Gasteiger partial charge < -0.3 is 9.64 Å². The molecule has 3 heterocycles. The molecule has 1 unspecified atom stereocenters. The van der Waals surface area contributed by atoms with Crippen molar-refractivity contribution in [3.8, 4) is 0 Å². The van der Waals surface area contributed by atoms with Gasteiger partial charge in [0, 0.05) is 31.2 Å². The highest BCUT2D eigenvalue weighted by Crippen LogP contribution is 2.40. The minimum Gasteiger partial charge on any atom is -0.444 e. The van der Waals surface area contributed by atoms with Gasteiger partial charge in [-0.3, -0.25) is 4.90 Å². The number of hydrogen-bond acceptors (Lipinski definition) is 3. The van der Waals surface area contributed by atoms with Crippen LogP contribution in [0, 0.1) is 0 Å². The first kappa shape index (κ1) is 15.9. The fourth-order valence-corrected chi connectivity index (χ4v) is 4.68. The number of nitrogens with zero attached hydrogens (tertiary/aromatic N) is 2. The molecule has 3 atom stereocenters. The molecule has 2 saturated heterocycles. The highest BCUT2D eigenvalue weighted by atomic mass is 16.6. The van der Waals surface area contributed by atoms with Crippen LogP contribution in [0.4, 0.5) is 4.79 Å². The van der Waals surface area contributed by atoms with Crippen LogP contribution in [0.15, 0.2) is 24.3 Å². The van der Waals surface area contributed by atoms with Gasteiger partial charge in [-0.25, -0.2) is 4.79 Å². The van der Waals surface area contributed by atoms with E-state index in [0.29, 0.717) is 18.1 Å². The highest BCUT2D eigenvalue weighted by Gasteiger charge is 2.46. The number of carbonyl (C=O) groups excluding carboxylic acids is 1. The van der Waals surface area contributed by atoms with Crippen LogP contribution in [0.2, 0.25) is 0 Å². The van der Waals surface area contributed by atoms with Gasteiger partial charge in [0.15, 0.2) is 0 Å². The van der Waals surface area contributed by atoms with Crippen LogP contribution in [-0.2, 0) is 17.8 Å². The molecule has 4 rings (SSSR count). The molecule has 24 heavy (non-hydrogen) atoms. The fraction of sp³-hybridized carbons (Fsp3) is 0.650. The largest absolute Gasteiger partial charge is 0.444 e. The van der Waals surface area contributed by atoms with E-state index in [4.69, 9.17) is 4.74 Å². The summed E-state index contributed by atoms with van der Waals surface area (Å²) in [5.74, 6) is 0. The lowest BCUT2D eigenvalue weighted by atomic mass is 9.96. The maximum Gasteiger partial charge on any atom is 0.410 e. The molecule has 0 spiro atoms. The summed E-state index contributed by atoms with van der Waals surface area (Å²) in [6.07, 6.45) is 4.31. The predicted octanol–water partition coefficient (Wildman–Crippen LogP) is 3.93. The number of carbonyl (C=O) groups is 1. The molecule has 130 valence electrons. The molecule has 3 aliphatic heterocycles. The molecular weight excluding hydrogens is 300 g/mol.